The SMILES string of the molecule is CCOC1(C(=O)Nc2ccc(O[C@@H](C)CC)c(C(=O)OC)c2)CCCC1. The first kappa shape index (κ1) is 20.2. The first-order valence-corrected chi connectivity index (χ1v) is 9.30. The monoisotopic (exact) mass is 363 g/mol. The number of methoxy groups -OCH3 is 1. The molecule has 0 aromatic heterocycles. The molecule has 1 saturated carbocycles. The van der Waals surface area contributed by atoms with Crippen LogP contribution in [0.15, 0.2) is 18.2 Å². The zero-order chi connectivity index (χ0) is 19.2. The maximum atomic E-state index is 12.8. The lowest BCUT2D eigenvalue weighted by Gasteiger charge is -2.27. The van der Waals surface area contributed by atoms with Crippen molar-refractivity contribution in [2.24, 2.45) is 0 Å². The number of hydrogen-bond acceptors (Lipinski definition) is 5. The minimum absolute atomic E-state index is 0.0291. The molecule has 0 heterocycles. The average molecular weight is 363 g/mol. The zero-order valence-electron chi connectivity index (χ0n) is 16.1. The van der Waals surface area contributed by atoms with Crippen molar-refractivity contribution in [1.29, 1.82) is 0 Å². The van der Waals surface area contributed by atoms with Gasteiger partial charge in [-0.3, -0.25) is 4.79 Å². The Bertz CT molecular complexity index is 637. The third-order valence-corrected chi connectivity index (χ3v) is 4.79. The fraction of sp³-hybridized carbons (Fsp3) is 0.600. The van der Waals surface area contributed by atoms with E-state index in [9.17, 15) is 9.59 Å². The number of anilines is 1. The summed E-state index contributed by atoms with van der Waals surface area (Å²) in [4.78, 5) is 24.9. The van der Waals surface area contributed by atoms with Crippen molar-refractivity contribution in [1.82, 2.24) is 0 Å². The minimum atomic E-state index is -0.772. The molecular weight excluding hydrogens is 334 g/mol. The highest BCUT2D eigenvalue weighted by atomic mass is 16.5. The molecule has 26 heavy (non-hydrogen) atoms. The second kappa shape index (κ2) is 9.03. The number of rotatable bonds is 8. The lowest BCUT2D eigenvalue weighted by atomic mass is 10.0. The number of carbonyl (C=O) groups excluding carboxylic acids is 2. The molecule has 1 fully saturated rings. The summed E-state index contributed by atoms with van der Waals surface area (Å²) in [7, 11) is 1.32. The highest BCUT2D eigenvalue weighted by Crippen LogP contribution is 2.35. The fourth-order valence-electron chi connectivity index (χ4n) is 3.18. The summed E-state index contributed by atoms with van der Waals surface area (Å²) in [5.41, 5.74) is 0.0480. The van der Waals surface area contributed by atoms with Crippen LogP contribution >= 0.6 is 0 Å². The van der Waals surface area contributed by atoms with Gasteiger partial charge >= 0.3 is 5.97 Å². The average Bonchev–Trinajstić information content (AvgIpc) is 3.12. The van der Waals surface area contributed by atoms with Crippen molar-refractivity contribution in [2.75, 3.05) is 19.0 Å². The molecule has 1 aliphatic carbocycles. The van der Waals surface area contributed by atoms with Crippen molar-refractivity contribution < 1.29 is 23.8 Å². The van der Waals surface area contributed by atoms with E-state index in [0.29, 0.717) is 36.4 Å². The Morgan fingerprint density at radius 3 is 2.50 bits per heavy atom. The van der Waals surface area contributed by atoms with E-state index in [1.807, 2.05) is 20.8 Å². The zero-order valence-corrected chi connectivity index (χ0v) is 16.1. The van der Waals surface area contributed by atoms with E-state index >= 15 is 0 Å². The molecule has 2 rings (SSSR count). The number of nitrogens with one attached hydrogen (secondary N) is 1. The van der Waals surface area contributed by atoms with E-state index in [2.05, 4.69) is 5.32 Å². The van der Waals surface area contributed by atoms with Crippen LogP contribution in [0, 0.1) is 0 Å². The van der Waals surface area contributed by atoms with Gasteiger partial charge in [0.15, 0.2) is 0 Å². The molecule has 1 atom stereocenters. The lowest BCUT2D eigenvalue weighted by Crippen LogP contribution is -2.43. The number of hydrogen-bond donors (Lipinski definition) is 1. The van der Waals surface area contributed by atoms with E-state index in [0.717, 1.165) is 19.3 Å². The largest absolute Gasteiger partial charge is 0.490 e. The van der Waals surface area contributed by atoms with Gasteiger partial charge in [-0.1, -0.05) is 6.92 Å². The minimum Gasteiger partial charge on any atom is -0.490 e. The molecular formula is C20H29NO5. The van der Waals surface area contributed by atoms with E-state index in [4.69, 9.17) is 14.2 Å². The summed E-state index contributed by atoms with van der Waals surface area (Å²) in [6, 6.07) is 5.02. The van der Waals surface area contributed by atoms with Crippen LogP contribution in [-0.2, 0) is 14.3 Å². The van der Waals surface area contributed by atoms with Crippen LogP contribution in [0.5, 0.6) is 5.75 Å². The Morgan fingerprint density at radius 1 is 1.23 bits per heavy atom. The number of benzene rings is 1. The summed E-state index contributed by atoms with van der Waals surface area (Å²) < 4.78 is 16.4. The van der Waals surface area contributed by atoms with Crippen molar-refractivity contribution >= 4 is 17.6 Å². The first-order chi connectivity index (χ1) is 12.5. The summed E-state index contributed by atoms with van der Waals surface area (Å²) in [6.45, 7) is 6.32. The van der Waals surface area contributed by atoms with Gasteiger partial charge in [0.25, 0.3) is 5.91 Å². The van der Waals surface area contributed by atoms with Gasteiger partial charge in [-0.2, -0.15) is 0 Å². The molecule has 0 aliphatic heterocycles. The van der Waals surface area contributed by atoms with Crippen LogP contribution in [0.25, 0.3) is 0 Å². The predicted molar refractivity (Wildman–Crippen MR) is 99.6 cm³/mol. The fourth-order valence-corrected chi connectivity index (χ4v) is 3.18. The Kier molecular flexibility index (Phi) is 7.03. The number of amides is 1. The lowest BCUT2D eigenvalue weighted by molar-refractivity contribution is -0.140. The number of ether oxygens (including phenoxy) is 3. The molecule has 1 aromatic rings. The van der Waals surface area contributed by atoms with E-state index in [1.165, 1.54) is 7.11 Å². The quantitative estimate of drug-likeness (QED) is 0.708. The van der Waals surface area contributed by atoms with Crippen LogP contribution in [0.1, 0.15) is 63.2 Å². The summed E-state index contributed by atoms with van der Waals surface area (Å²) in [5.74, 6) is -0.215. The van der Waals surface area contributed by atoms with Gasteiger partial charge in [0.1, 0.15) is 16.9 Å². The predicted octanol–water partition coefficient (Wildman–Crippen LogP) is 3.94. The first-order valence-electron chi connectivity index (χ1n) is 9.30. The van der Waals surface area contributed by atoms with Gasteiger partial charge in [0.05, 0.1) is 13.2 Å². The second-order valence-corrected chi connectivity index (χ2v) is 6.63. The third-order valence-electron chi connectivity index (χ3n) is 4.79. The highest BCUT2D eigenvalue weighted by molar-refractivity contribution is 5.99. The van der Waals surface area contributed by atoms with Gasteiger partial charge < -0.3 is 19.5 Å². The maximum Gasteiger partial charge on any atom is 0.341 e. The van der Waals surface area contributed by atoms with Crippen LogP contribution in [0.3, 0.4) is 0 Å². The van der Waals surface area contributed by atoms with E-state index in [1.54, 1.807) is 18.2 Å². The van der Waals surface area contributed by atoms with Gasteiger partial charge in [-0.15, -0.1) is 0 Å². The molecule has 0 unspecified atom stereocenters. The Balaban J connectivity index is 2.24. The van der Waals surface area contributed by atoms with Gasteiger partial charge in [-0.05, 0) is 64.2 Å². The molecule has 1 aromatic carbocycles. The molecule has 6 nitrogen and oxygen atoms in total. The van der Waals surface area contributed by atoms with Crippen molar-refractivity contribution in [3.05, 3.63) is 23.8 Å². The molecule has 0 saturated heterocycles. The Morgan fingerprint density at radius 2 is 1.92 bits per heavy atom. The van der Waals surface area contributed by atoms with Gasteiger partial charge in [0, 0.05) is 12.3 Å². The van der Waals surface area contributed by atoms with Crippen LogP contribution < -0.4 is 10.1 Å². The van der Waals surface area contributed by atoms with Crippen LogP contribution in [0.4, 0.5) is 5.69 Å². The van der Waals surface area contributed by atoms with Gasteiger partial charge in [-0.25, -0.2) is 4.79 Å². The Hall–Kier alpha value is -2.08. The number of carbonyl (C=O) groups is 2. The van der Waals surface area contributed by atoms with Crippen LogP contribution in [0.2, 0.25) is 0 Å². The molecule has 0 bridgehead atoms. The molecule has 144 valence electrons. The van der Waals surface area contributed by atoms with Gasteiger partial charge in [0.2, 0.25) is 0 Å². The topological polar surface area (TPSA) is 73.9 Å². The van der Waals surface area contributed by atoms with Crippen LogP contribution in [-0.4, -0.2) is 37.3 Å². The maximum absolute atomic E-state index is 12.8. The summed E-state index contributed by atoms with van der Waals surface area (Å²) in [5, 5.41) is 2.90. The molecule has 6 heteroatoms. The number of esters is 1. The summed E-state index contributed by atoms with van der Waals surface area (Å²) in [6.07, 6.45) is 4.16. The van der Waals surface area contributed by atoms with Crippen molar-refractivity contribution in [2.45, 2.75) is 64.6 Å². The van der Waals surface area contributed by atoms with E-state index in [-0.39, 0.29) is 12.0 Å². The molecule has 1 amide bonds. The summed E-state index contributed by atoms with van der Waals surface area (Å²) >= 11 is 0. The second-order valence-electron chi connectivity index (χ2n) is 6.63. The molecule has 0 spiro atoms. The highest BCUT2D eigenvalue weighted by Gasteiger charge is 2.42. The molecule has 0 radical (unpaired) electrons. The standard InChI is InChI=1S/C20H29NO5/c1-5-14(3)26-17-10-9-15(13-16(17)18(22)24-4)21-19(23)20(25-6-2)11-7-8-12-20/h9-10,13-14H,5-8,11-12H2,1-4H3,(H,21,23)/t14-/m0/s1. The third kappa shape index (κ3) is 4.55. The smallest absolute Gasteiger partial charge is 0.341 e. The van der Waals surface area contributed by atoms with Crippen molar-refractivity contribution in [3.63, 3.8) is 0 Å². The Labute approximate surface area is 155 Å². The molecule has 1 N–H and O–H groups in total. The normalized spacial score (nSPS) is 16.8. The van der Waals surface area contributed by atoms with Crippen molar-refractivity contribution in [3.8, 4) is 5.75 Å². The molecule has 1 aliphatic rings. The van der Waals surface area contributed by atoms with E-state index < -0.39 is 11.6 Å².